The van der Waals surface area contributed by atoms with E-state index in [1.54, 1.807) is 0 Å². The zero-order chi connectivity index (χ0) is 15.1. The maximum absolute atomic E-state index is 11.9. The van der Waals surface area contributed by atoms with Gasteiger partial charge in [-0.25, -0.2) is 0 Å². The highest BCUT2D eigenvalue weighted by Crippen LogP contribution is 2.09. The Hall–Kier alpha value is -1.92. The van der Waals surface area contributed by atoms with Gasteiger partial charge in [-0.2, -0.15) is 0 Å². The van der Waals surface area contributed by atoms with Crippen LogP contribution in [0.1, 0.15) is 5.56 Å². The van der Waals surface area contributed by atoms with Gasteiger partial charge in [-0.1, -0.05) is 30.3 Å². The van der Waals surface area contributed by atoms with Crippen molar-refractivity contribution in [1.82, 2.24) is 5.32 Å². The average Bonchev–Trinajstić information content (AvgIpc) is 2.52. The molecule has 2 N–H and O–H groups in total. The minimum absolute atomic E-state index is 0.0723. The molecule has 1 aliphatic heterocycles. The molecule has 1 aromatic carbocycles. The molecule has 0 spiro atoms. The van der Waals surface area contributed by atoms with Crippen LogP contribution in [0.5, 0.6) is 0 Å². The molecule has 2 rings (SSSR count). The van der Waals surface area contributed by atoms with Crippen LogP contribution in [0.2, 0.25) is 0 Å². The monoisotopic (exact) mass is 293 g/mol. The van der Waals surface area contributed by atoms with E-state index in [1.165, 1.54) is 0 Å². The Morgan fingerprint density at radius 1 is 1.29 bits per heavy atom. The number of carbonyl (C=O) groups excluding carboxylic acids is 1. The van der Waals surface area contributed by atoms with Crippen LogP contribution in [0, 0.1) is 5.92 Å². The second kappa shape index (κ2) is 7.75. The van der Waals surface area contributed by atoms with Crippen LogP contribution >= 0.6 is 0 Å². The number of aliphatic carboxylic acids is 1. The maximum Gasteiger partial charge on any atom is 0.308 e. The van der Waals surface area contributed by atoms with E-state index in [4.69, 9.17) is 9.47 Å². The first-order valence-electron chi connectivity index (χ1n) is 6.90. The summed E-state index contributed by atoms with van der Waals surface area (Å²) in [6.07, 6.45) is -0.275. The van der Waals surface area contributed by atoms with Crippen LogP contribution in [0.4, 0.5) is 0 Å². The molecule has 1 saturated heterocycles. The van der Waals surface area contributed by atoms with E-state index in [-0.39, 0.29) is 19.1 Å². The first-order chi connectivity index (χ1) is 10.2. The van der Waals surface area contributed by atoms with Gasteiger partial charge in [-0.05, 0) is 12.0 Å². The van der Waals surface area contributed by atoms with Crippen molar-refractivity contribution in [1.29, 1.82) is 0 Å². The van der Waals surface area contributed by atoms with Gasteiger partial charge in [0, 0.05) is 6.54 Å². The second-order valence-electron chi connectivity index (χ2n) is 4.90. The Bertz CT molecular complexity index is 470. The van der Waals surface area contributed by atoms with Crippen LogP contribution in [-0.2, 0) is 25.5 Å². The summed E-state index contributed by atoms with van der Waals surface area (Å²) in [5.41, 5.74) is 0.927. The van der Waals surface area contributed by atoms with Crippen molar-refractivity contribution in [3.63, 3.8) is 0 Å². The van der Waals surface area contributed by atoms with Gasteiger partial charge in [-0.3, -0.25) is 9.59 Å². The van der Waals surface area contributed by atoms with Gasteiger partial charge in [0.15, 0.2) is 6.10 Å². The highest BCUT2D eigenvalue weighted by molar-refractivity contribution is 5.81. The molecule has 6 heteroatoms. The SMILES string of the molecule is O=C(O)[C@H](CNC(=O)[C@@H]1COCCO1)Cc1ccccc1. The predicted molar refractivity (Wildman–Crippen MR) is 74.8 cm³/mol. The molecule has 1 heterocycles. The summed E-state index contributed by atoms with van der Waals surface area (Å²) in [7, 11) is 0. The zero-order valence-corrected chi connectivity index (χ0v) is 11.7. The number of amides is 1. The highest BCUT2D eigenvalue weighted by Gasteiger charge is 2.25. The van der Waals surface area contributed by atoms with Crippen molar-refractivity contribution < 1.29 is 24.2 Å². The number of hydrogen-bond donors (Lipinski definition) is 2. The van der Waals surface area contributed by atoms with Crippen LogP contribution in [-0.4, -0.2) is 49.5 Å². The lowest BCUT2D eigenvalue weighted by atomic mass is 9.99. The minimum Gasteiger partial charge on any atom is -0.481 e. The largest absolute Gasteiger partial charge is 0.481 e. The predicted octanol–water partition coefficient (Wildman–Crippen LogP) is 0.462. The summed E-state index contributed by atoms with van der Waals surface area (Å²) >= 11 is 0. The minimum atomic E-state index is -0.931. The molecule has 21 heavy (non-hydrogen) atoms. The molecule has 0 aromatic heterocycles. The fourth-order valence-electron chi connectivity index (χ4n) is 2.12. The topological polar surface area (TPSA) is 84.9 Å². The Balaban J connectivity index is 1.85. The smallest absolute Gasteiger partial charge is 0.308 e. The van der Waals surface area contributed by atoms with Crippen LogP contribution < -0.4 is 5.32 Å². The van der Waals surface area contributed by atoms with Crippen LogP contribution in [0.3, 0.4) is 0 Å². The lowest BCUT2D eigenvalue weighted by Crippen LogP contribution is -2.45. The summed E-state index contributed by atoms with van der Waals surface area (Å²) in [5, 5.41) is 11.9. The molecule has 6 nitrogen and oxygen atoms in total. The van der Waals surface area contributed by atoms with E-state index < -0.39 is 18.0 Å². The van der Waals surface area contributed by atoms with Gasteiger partial charge in [0.25, 0.3) is 5.91 Å². The van der Waals surface area contributed by atoms with Crippen molar-refractivity contribution in [3.05, 3.63) is 35.9 Å². The van der Waals surface area contributed by atoms with E-state index in [0.29, 0.717) is 19.6 Å². The molecule has 0 unspecified atom stereocenters. The van der Waals surface area contributed by atoms with Crippen LogP contribution in [0.25, 0.3) is 0 Å². The molecule has 0 bridgehead atoms. The van der Waals surface area contributed by atoms with Gasteiger partial charge in [0.05, 0.1) is 25.7 Å². The summed E-state index contributed by atoms with van der Waals surface area (Å²) in [6.45, 7) is 1.14. The van der Waals surface area contributed by atoms with E-state index >= 15 is 0 Å². The molecule has 1 amide bonds. The van der Waals surface area contributed by atoms with Crippen molar-refractivity contribution in [2.75, 3.05) is 26.4 Å². The molecular formula is C15H19NO5. The average molecular weight is 293 g/mol. The third-order valence-corrected chi connectivity index (χ3v) is 3.31. The Morgan fingerprint density at radius 3 is 2.67 bits per heavy atom. The molecule has 1 fully saturated rings. The maximum atomic E-state index is 11.9. The number of carbonyl (C=O) groups is 2. The van der Waals surface area contributed by atoms with Crippen molar-refractivity contribution in [2.45, 2.75) is 12.5 Å². The lowest BCUT2D eigenvalue weighted by molar-refractivity contribution is -0.148. The van der Waals surface area contributed by atoms with Gasteiger partial charge in [0.2, 0.25) is 0 Å². The van der Waals surface area contributed by atoms with Crippen molar-refractivity contribution >= 4 is 11.9 Å². The van der Waals surface area contributed by atoms with Crippen molar-refractivity contribution in [2.24, 2.45) is 5.92 Å². The van der Waals surface area contributed by atoms with E-state index in [1.807, 2.05) is 30.3 Å². The second-order valence-corrected chi connectivity index (χ2v) is 4.90. The molecule has 0 saturated carbocycles. The van der Waals surface area contributed by atoms with Gasteiger partial charge < -0.3 is 19.9 Å². The summed E-state index contributed by atoms with van der Waals surface area (Å²) < 4.78 is 10.4. The van der Waals surface area contributed by atoms with Crippen LogP contribution in [0.15, 0.2) is 30.3 Å². The molecule has 0 aliphatic carbocycles. The summed E-state index contributed by atoms with van der Waals surface area (Å²) in [4.78, 5) is 23.2. The summed E-state index contributed by atoms with van der Waals surface area (Å²) in [5.74, 6) is -1.92. The third kappa shape index (κ3) is 4.84. The highest BCUT2D eigenvalue weighted by atomic mass is 16.6. The number of rotatable bonds is 6. The van der Waals surface area contributed by atoms with E-state index in [0.717, 1.165) is 5.56 Å². The number of ether oxygens (including phenoxy) is 2. The fourth-order valence-corrected chi connectivity index (χ4v) is 2.12. The zero-order valence-electron chi connectivity index (χ0n) is 11.7. The number of nitrogens with one attached hydrogen (secondary N) is 1. The van der Waals surface area contributed by atoms with Gasteiger partial charge in [-0.15, -0.1) is 0 Å². The van der Waals surface area contributed by atoms with Crippen molar-refractivity contribution in [3.8, 4) is 0 Å². The fraction of sp³-hybridized carbons (Fsp3) is 0.467. The normalized spacial score (nSPS) is 19.7. The number of carboxylic acids is 1. The summed E-state index contributed by atoms with van der Waals surface area (Å²) in [6, 6.07) is 9.34. The first-order valence-corrected chi connectivity index (χ1v) is 6.90. The first kappa shape index (κ1) is 15.5. The van der Waals surface area contributed by atoms with E-state index in [2.05, 4.69) is 5.32 Å². The molecule has 1 aliphatic rings. The van der Waals surface area contributed by atoms with E-state index in [9.17, 15) is 14.7 Å². The Kier molecular flexibility index (Phi) is 5.71. The third-order valence-electron chi connectivity index (χ3n) is 3.31. The number of benzene rings is 1. The Labute approximate surface area is 123 Å². The number of hydrogen-bond acceptors (Lipinski definition) is 4. The molecule has 2 atom stereocenters. The quantitative estimate of drug-likeness (QED) is 0.796. The molecule has 1 aromatic rings. The Morgan fingerprint density at radius 2 is 2.05 bits per heavy atom. The molecular weight excluding hydrogens is 274 g/mol. The molecule has 0 radical (unpaired) electrons. The standard InChI is InChI=1S/C15H19NO5/c17-14(13-10-20-6-7-21-13)16-9-12(15(18)19)8-11-4-2-1-3-5-11/h1-5,12-13H,6-10H2,(H,16,17)(H,18,19)/t12-,13-/m0/s1. The molecule has 114 valence electrons. The lowest BCUT2D eigenvalue weighted by Gasteiger charge is -2.23. The van der Waals surface area contributed by atoms with Gasteiger partial charge >= 0.3 is 5.97 Å². The van der Waals surface area contributed by atoms with Gasteiger partial charge in [0.1, 0.15) is 0 Å². The number of carboxylic acid groups (broad SMARTS) is 1.